The molecule has 10 heteroatoms. The van der Waals surface area contributed by atoms with E-state index in [1.54, 1.807) is 39.2 Å². The Bertz CT molecular complexity index is 1030. The highest BCUT2D eigenvalue weighted by molar-refractivity contribution is 6.31. The molecule has 0 bridgehead atoms. The van der Waals surface area contributed by atoms with E-state index in [1.807, 2.05) is 0 Å². The molecule has 3 heterocycles. The van der Waals surface area contributed by atoms with Gasteiger partial charge in [-0.3, -0.25) is 4.79 Å². The summed E-state index contributed by atoms with van der Waals surface area (Å²) >= 11 is 6.04. The number of nitrogens with one attached hydrogen (secondary N) is 3. The number of alkyl halides is 2. The average molecular weight is 413 g/mol. The summed E-state index contributed by atoms with van der Waals surface area (Å²) in [5.41, 5.74) is 0.892. The summed E-state index contributed by atoms with van der Waals surface area (Å²) in [6.45, 7) is 4.25. The molecule has 3 aromatic rings. The van der Waals surface area contributed by atoms with Crippen molar-refractivity contribution in [1.29, 1.82) is 0 Å². The second-order valence-corrected chi connectivity index (χ2v) is 7.26. The van der Waals surface area contributed by atoms with Crippen LogP contribution in [0.15, 0.2) is 24.7 Å². The lowest BCUT2D eigenvalue weighted by atomic mass is 10.0. The van der Waals surface area contributed by atoms with Crippen LogP contribution in [-0.2, 0) is 4.79 Å². The number of aryl methyl sites for hydroxylation is 1. The molecule has 3 N–H and O–H groups in total. The van der Waals surface area contributed by atoms with Gasteiger partial charge in [-0.15, -0.1) is 0 Å². The number of hydrogen-bond donors (Lipinski definition) is 3. The van der Waals surface area contributed by atoms with Crippen molar-refractivity contribution in [2.75, 3.05) is 11.9 Å². The SMILES string of the molecule is Cc1cnc(-c2c[nH]c3ncc(Cl)cc23)nc1NC(C)(C)C(=O)NCC(F)F.[HH].[HH]. The van der Waals surface area contributed by atoms with Crippen LogP contribution in [0.4, 0.5) is 14.6 Å². The van der Waals surface area contributed by atoms with Crippen LogP contribution in [0.2, 0.25) is 5.02 Å². The minimum absolute atomic E-state index is 0. The Labute approximate surface area is 167 Å². The molecular formula is C18H23ClF2N6O. The molecule has 0 radical (unpaired) electrons. The van der Waals surface area contributed by atoms with E-state index in [1.165, 1.54) is 6.20 Å². The van der Waals surface area contributed by atoms with E-state index in [0.717, 1.165) is 5.39 Å². The zero-order valence-electron chi connectivity index (χ0n) is 15.5. The molecule has 0 fully saturated rings. The largest absolute Gasteiger partial charge is 0.356 e. The second kappa shape index (κ2) is 7.67. The quantitative estimate of drug-likeness (QED) is 0.567. The fourth-order valence-corrected chi connectivity index (χ4v) is 2.76. The van der Waals surface area contributed by atoms with Gasteiger partial charge in [0.1, 0.15) is 17.0 Å². The van der Waals surface area contributed by atoms with Gasteiger partial charge in [-0.05, 0) is 26.8 Å². The van der Waals surface area contributed by atoms with E-state index in [4.69, 9.17) is 11.6 Å². The maximum Gasteiger partial charge on any atom is 0.255 e. The first-order chi connectivity index (χ1) is 13.2. The molecule has 28 heavy (non-hydrogen) atoms. The molecule has 0 spiro atoms. The summed E-state index contributed by atoms with van der Waals surface area (Å²) in [7, 11) is 0. The van der Waals surface area contributed by atoms with Crippen molar-refractivity contribution in [2.45, 2.75) is 32.7 Å². The molecule has 3 aromatic heterocycles. The lowest BCUT2D eigenvalue weighted by Crippen LogP contribution is -2.49. The Morgan fingerprint density at radius 1 is 1.36 bits per heavy atom. The van der Waals surface area contributed by atoms with Gasteiger partial charge < -0.3 is 15.6 Å². The first-order valence-corrected chi connectivity index (χ1v) is 8.86. The number of amides is 1. The molecule has 0 saturated carbocycles. The molecule has 0 unspecified atom stereocenters. The van der Waals surface area contributed by atoms with Crippen molar-refractivity contribution in [2.24, 2.45) is 0 Å². The van der Waals surface area contributed by atoms with E-state index in [0.29, 0.717) is 33.4 Å². The normalized spacial score (nSPS) is 11.8. The number of nitrogens with zero attached hydrogens (tertiary/aromatic N) is 3. The predicted octanol–water partition coefficient (Wildman–Crippen LogP) is 4.05. The molecule has 0 aliphatic carbocycles. The van der Waals surface area contributed by atoms with Crippen LogP contribution in [0.5, 0.6) is 0 Å². The van der Waals surface area contributed by atoms with Gasteiger partial charge in [0.25, 0.3) is 6.43 Å². The number of carbonyl (C=O) groups excluding carboxylic acids is 1. The van der Waals surface area contributed by atoms with Crippen LogP contribution in [0.25, 0.3) is 22.4 Å². The van der Waals surface area contributed by atoms with Crippen LogP contribution in [0.3, 0.4) is 0 Å². The maximum absolute atomic E-state index is 12.4. The summed E-state index contributed by atoms with van der Waals surface area (Å²) < 4.78 is 24.7. The van der Waals surface area contributed by atoms with Crippen molar-refractivity contribution in [3.63, 3.8) is 0 Å². The van der Waals surface area contributed by atoms with Crippen molar-refractivity contribution in [1.82, 2.24) is 25.3 Å². The monoisotopic (exact) mass is 412 g/mol. The lowest BCUT2D eigenvalue weighted by molar-refractivity contribution is -0.125. The fourth-order valence-electron chi connectivity index (χ4n) is 2.60. The predicted molar refractivity (Wildman–Crippen MR) is 108 cm³/mol. The van der Waals surface area contributed by atoms with Gasteiger partial charge >= 0.3 is 0 Å². The molecular weight excluding hydrogens is 390 g/mol. The Kier molecular flexibility index (Phi) is 5.46. The summed E-state index contributed by atoms with van der Waals surface area (Å²) in [6.07, 6.45) is 2.26. The number of aromatic amines is 1. The van der Waals surface area contributed by atoms with Crippen LogP contribution in [-0.4, -0.2) is 44.4 Å². The fraction of sp³-hybridized carbons (Fsp3) is 0.333. The van der Waals surface area contributed by atoms with Crippen molar-refractivity contribution >= 4 is 34.4 Å². The molecule has 3 rings (SSSR count). The third-order valence-corrected chi connectivity index (χ3v) is 4.33. The molecule has 7 nitrogen and oxygen atoms in total. The van der Waals surface area contributed by atoms with Crippen LogP contribution >= 0.6 is 11.6 Å². The minimum atomic E-state index is -2.62. The van der Waals surface area contributed by atoms with E-state index in [-0.39, 0.29) is 2.85 Å². The number of carbonyl (C=O) groups is 1. The number of anilines is 1. The molecule has 0 atom stereocenters. The summed E-state index contributed by atoms with van der Waals surface area (Å²) in [6, 6.07) is 1.76. The maximum atomic E-state index is 12.4. The molecule has 0 saturated heterocycles. The van der Waals surface area contributed by atoms with Crippen molar-refractivity contribution in [3.05, 3.63) is 35.2 Å². The Morgan fingerprint density at radius 3 is 2.82 bits per heavy atom. The van der Waals surface area contributed by atoms with Gasteiger partial charge in [0.05, 0.1) is 11.6 Å². The first-order valence-electron chi connectivity index (χ1n) is 8.48. The highest BCUT2D eigenvalue weighted by Gasteiger charge is 2.29. The third kappa shape index (κ3) is 4.19. The van der Waals surface area contributed by atoms with E-state index >= 15 is 0 Å². The summed E-state index contributed by atoms with van der Waals surface area (Å²) in [5.74, 6) is 0.272. The molecule has 0 aromatic carbocycles. The summed E-state index contributed by atoms with van der Waals surface area (Å²) in [4.78, 5) is 28.4. The highest BCUT2D eigenvalue weighted by atomic mass is 35.5. The third-order valence-electron chi connectivity index (χ3n) is 4.13. The molecule has 0 aliphatic heterocycles. The Hall–Kier alpha value is -2.81. The molecule has 0 aliphatic rings. The highest BCUT2D eigenvalue weighted by Crippen LogP contribution is 2.28. The van der Waals surface area contributed by atoms with Gasteiger partial charge in [0, 0.05) is 38.0 Å². The van der Waals surface area contributed by atoms with E-state index in [9.17, 15) is 13.6 Å². The van der Waals surface area contributed by atoms with Crippen LogP contribution in [0.1, 0.15) is 22.3 Å². The number of H-pyrrole nitrogens is 1. The number of fused-ring (bicyclic) bond motifs is 1. The average Bonchev–Trinajstić information content (AvgIpc) is 3.04. The molecule has 1 amide bonds. The number of halogens is 3. The first kappa shape index (κ1) is 19.9. The van der Waals surface area contributed by atoms with E-state index in [2.05, 4.69) is 30.6 Å². The Morgan fingerprint density at radius 2 is 2.11 bits per heavy atom. The standard InChI is InChI=1S/C18H19ClF2N6O.2H2/c1-9-5-22-16(12-7-24-15-11(12)4-10(19)6-23-15)26-14(9)27-18(2,3)17(28)25-8-13(20)21;;/h4-7,13H,8H2,1-3H3,(H,23,24)(H,25,28)(H,22,26,27);2*1H. The van der Waals surface area contributed by atoms with Crippen LogP contribution in [0, 0.1) is 6.92 Å². The number of rotatable bonds is 6. The smallest absolute Gasteiger partial charge is 0.255 e. The zero-order valence-corrected chi connectivity index (χ0v) is 16.2. The lowest BCUT2D eigenvalue weighted by Gasteiger charge is -2.26. The van der Waals surface area contributed by atoms with Gasteiger partial charge in [-0.25, -0.2) is 23.7 Å². The van der Waals surface area contributed by atoms with Crippen molar-refractivity contribution in [3.8, 4) is 11.4 Å². The Balaban J connectivity index is 0.00000225. The topological polar surface area (TPSA) is 95.6 Å². The second-order valence-electron chi connectivity index (χ2n) is 6.83. The van der Waals surface area contributed by atoms with E-state index < -0.39 is 24.4 Å². The number of aromatic nitrogens is 4. The zero-order chi connectivity index (χ0) is 20.5. The van der Waals surface area contributed by atoms with Crippen molar-refractivity contribution < 1.29 is 16.4 Å². The minimum Gasteiger partial charge on any atom is -0.356 e. The number of hydrogen-bond acceptors (Lipinski definition) is 5. The van der Waals surface area contributed by atoms with Gasteiger partial charge in [0.15, 0.2) is 5.82 Å². The number of pyridine rings is 1. The summed E-state index contributed by atoms with van der Waals surface area (Å²) in [5, 5.41) is 6.47. The van der Waals surface area contributed by atoms with Gasteiger partial charge in [-0.2, -0.15) is 0 Å². The van der Waals surface area contributed by atoms with Gasteiger partial charge in [0.2, 0.25) is 5.91 Å². The van der Waals surface area contributed by atoms with Gasteiger partial charge in [-0.1, -0.05) is 11.6 Å². The molecule has 152 valence electrons. The van der Waals surface area contributed by atoms with Crippen LogP contribution < -0.4 is 10.6 Å².